The summed E-state index contributed by atoms with van der Waals surface area (Å²) < 4.78 is 0. The number of nitrogens with zero attached hydrogens (tertiary/aromatic N) is 8. The molecule has 2 aliphatic heterocycles. The highest BCUT2D eigenvalue weighted by molar-refractivity contribution is 5.83. The van der Waals surface area contributed by atoms with Crippen LogP contribution >= 0.6 is 0 Å². The largest absolute Gasteiger partial charge is 0.339 e. The van der Waals surface area contributed by atoms with E-state index in [9.17, 15) is 9.59 Å². The highest BCUT2D eigenvalue weighted by atomic mass is 16.2. The summed E-state index contributed by atoms with van der Waals surface area (Å²) in [5, 5.41) is 0. The zero-order chi connectivity index (χ0) is 23.3. The molecule has 34 heavy (non-hydrogen) atoms. The van der Waals surface area contributed by atoms with Crippen LogP contribution in [0.3, 0.4) is 0 Å². The van der Waals surface area contributed by atoms with E-state index < -0.39 is 0 Å². The van der Waals surface area contributed by atoms with Gasteiger partial charge in [0.15, 0.2) is 0 Å². The van der Waals surface area contributed by atoms with E-state index in [-0.39, 0.29) is 23.7 Å². The summed E-state index contributed by atoms with van der Waals surface area (Å²) in [5.41, 5.74) is 0. The van der Waals surface area contributed by atoms with Gasteiger partial charge in [0, 0.05) is 89.0 Å². The van der Waals surface area contributed by atoms with Crippen LogP contribution in [0.25, 0.3) is 0 Å². The van der Waals surface area contributed by atoms with Gasteiger partial charge in [-0.25, -0.2) is 19.9 Å². The van der Waals surface area contributed by atoms with Crippen LogP contribution in [0.5, 0.6) is 0 Å². The summed E-state index contributed by atoms with van der Waals surface area (Å²) in [6.45, 7) is 5.65. The number of piperazine rings is 2. The normalized spacial score (nSPS) is 23.6. The van der Waals surface area contributed by atoms with Gasteiger partial charge in [0.25, 0.3) is 0 Å². The van der Waals surface area contributed by atoms with Crippen molar-refractivity contribution in [2.75, 3.05) is 62.2 Å². The van der Waals surface area contributed by atoms with Crippen molar-refractivity contribution in [1.82, 2.24) is 29.7 Å². The summed E-state index contributed by atoms with van der Waals surface area (Å²) in [6.07, 6.45) is 10.3. The molecular weight excluding hydrogens is 432 g/mol. The average Bonchev–Trinajstić information content (AvgIpc) is 2.93. The molecule has 1 saturated carbocycles. The SMILES string of the molecule is O=C(C1CCCC(C(=O)N2CCN(c3ncccn3)CC2)C1)N1CCN(c2ncccn2)CC1. The molecule has 5 rings (SSSR count). The Labute approximate surface area is 200 Å². The maximum atomic E-state index is 13.3. The zero-order valence-electron chi connectivity index (χ0n) is 19.5. The van der Waals surface area contributed by atoms with Gasteiger partial charge >= 0.3 is 0 Å². The molecule has 2 amide bonds. The second-order valence-electron chi connectivity index (χ2n) is 9.28. The molecule has 2 saturated heterocycles. The lowest BCUT2D eigenvalue weighted by atomic mass is 9.79. The second kappa shape index (κ2) is 10.3. The van der Waals surface area contributed by atoms with Crippen LogP contribution in [0.2, 0.25) is 0 Å². The smallest absolute Gasteiger partial charge is 0.225 e. The Morgan fingerprint density at radius 2 is 1.00 bits per heavy atom. The molecule has 180 valence electrons. The van der Waals surface area contributed by atoms with Crippen LogP contribution in [0.15, 0.2) is 36.9 Å². The van der Waals surface area contributed by atoms with Crippen molar-refractivity contribution in [2.24, 2.45) is 11.8 Å². The lowest BCUT2D eigenvalue weighted by Crippen LogP contribution is -2.53. The molecule has 0 spiro atoms. The Bertz CT molecular complexity index is 882. The third-order valence-electron chi connectivity index (χ3n) is 7.23. The molecule has 3 fully saturated rings. The van der Waals surface area contributed by atoms with E-state index in [0.29, 0.717) is 32.6 Å². The number of carbonyl (C=O) groups excluding carboxylic acids is 2. The molecule has 1 aliphatic carbocycles. The van der Waals surface area contributed by atoms with Crippen molar-refractivity contribution >= 4 is 23.7 Å². The Morgan fingerprint density at radius 3 is 1.38 bits per heavy atom. The van der Waals surface area contributed by atoms with Gasteiger partial charge in [-0.2, -0.15) is 0 Å². The second-order valence-corrected chi connectivity index (χ2v) is 9.28. The first kappa shape index (κ1) is 22.5. The van der Waals surface area contributed by atoms with Crippen molar-refractivity contribution < 1.29 is 9.59 Å². The summed E-state index contributed by atoms with van der Waals surface area (Å²) in [7, 11) is 0. The summed E-state index contributed by atoms with van der Waals surface area (Å²) in [6, 6.07) is 3.61. The number of hydrogen-bond acceptors (Lipinski definition) is 8. The minimum atomic E-state index is -0.0544. The van der Waals surface area contributed by atoms with Crippen molar-refractivity contribution in [2.45, 2.75) is 25.7 Å². The van der Waals surface area contributed by atoms with Gasteiger partial charge in [0.05, 0.1) is 0 Å². The van der Waals surface area contributed by atoms with Crippen LogP contribution < -0.4 is 9.80 Å². The molecule has 10 nitrogen and oxygen atoms in total. The summed E-state index contributed by atoms with van der Waals surface area (Å²) >= 11 is 0. The molecule has 2 atom stereocenters. The third kappa shape index (κ3) is 4.95. The zero-order valence-corrected chi connectivity index (χ0v) is 19.5. The van der Waals surface area contributed by atoms with Crippen LogP contribution in [0.1, 0.15) is 25.7 Å². The molecule has 4 heterocycles. The summed E-state index contributed by atoms with van der Waals surface area (Å²) in [4.78, 5) is 52.0. The van der Waals surface area contributed by atoms with Crippen molar-refractivity contribution in [3.8, 4) is 0 Å². The first-order valence-corrected chi connectivity index (χ1v) is 12.3. The average molecular weight is 465 g/mol. The standard InChI is InChI=1S/C24H32N8O2/c33-21(29-10-14-31(15-11-29)23-25-6-2-7-26-23)19-4-1-5-20(18-19)22(34)30-12-16-32(17-13-30)24-27-8-3-9-28-24/h2-3,6-9,19-20H,1,4-5,10-18H2. The summed E-state index contributed by atoms with van der Waals surface area (Å²) in [5.74, 6) is 1.74. The van der Waals surface area contributed by atoms with Crippen LogP contribution in [0, 0.1) is 11.8 Å². The molecule has 2 aromatic rings. The van der Waals surface area contributed by atoms with Crippen LogP contribution in [0.4, 0.5) is 11.9 Å². The highest BCUT2D eigenvalue weighted by Crippen LogP contribution is 2.32. The minimum Gasteiger partial charge on any atom is -0.339 e. The first-order chi connectivity index (χ1) is 16.7. The number of carbonyl (C=O) groups is 2. The van der Waals surface area contributed by atoms with E-state index >= 15 is 0 Å². The van der Waals surface area contributed by atoms with Gasteiger partial charge in [0.1, 0.15) is 0 Å². The molecule has 0 radical (unpaired) electrons. The molecule has 0 N–H and O–H groups in total. The Morgan fingerprint density at radius 1 is 0.618 bits per heavy atom. The maximum Gasteiger partial charge on any atom is 0.225 e. The molecule has 2 unspecified atom stereocenters. The molecule has 0 bridgehead atoms. The van der Waals surface area contributed by atoms with Gasteiger partial charge < -0.3 is 19.6 Å². The van der Waals surface area contributed by atoms with E-state index in [1.165, 1.54) is 0 Å². The van der Waals surface area contributed by atoms with Gasteiger partial charge in [-0.3, -0.25) is 9.59 Å². The quantitative estimate of drug-likeness (QED) is 0.663. The van der Waals surface area contributed by atoms with Crippen molar-refractivity contribution in [1.29, 1.82) is 0 Å². The van der Waals surface area contributed by atoms with Gasteiger partial charge in [-0.05, 0) is 31.4 Å². The lowest BCUT2D eigenvalue weighted by Gasteiger charge is -2.40. The molecule has 2 aromatic heterocycles. The molecular formula is C24H32N8O2. The fourth-order valence-corrected chi connectivity index (χ4v) is 5.32. The third-order valence-corrected chi connectivity index (χ3v) is 7.23. The highest BCUT2D eigenvalue weighted by Gasteiger charge is 2.36. The molecule has 3 aliphatic rings. The Hall–Kier alpha value is -3.30. The Kier molecular flexibility index (Phi) is 6.82. The molecule has 10 heteroatoms. The monoisotopic (exact) mass is 464 g/mol. The van der Waals surface area contributed by atoms with Gasteiger partial charge in [-0.1, -0.05) is 6.42 Å². The number of hydrogen-bond donors (Lipinski definition) is 0. The lowest BCUT2D eigenvalue weighted by molar-refractivity contribution is -0.141. The fourth-order valence-electron chi connectivity index (χ4n) is 5.32. The number of anilines is 2. The number of amides is 2. The van der Waals surface area contributed by atoms with Crippen molar-refractivity contribution in [3.05, 3.63) is 36.9 Å². The number of rotatable bonds is 4. The van der Waals surface area contributed by atoms with E-state index in [1.54, 1.807) is 24.8 Å². The van der Waals surface area contributed by atoms with Crippen LogP contribution in [-0.4, -0.2) is 93.9 Å². The first-order valence-electron chi connectivity index (χ1n) is 12.3. The van der Waals surface area contributed by atoms with Crippen molar-refractivity contribution in [3.63, 3.8) is 0 Å². The predicted octanol–water partition coefficient (Wildman–Crippen LogP) is 1.07. The fraction of sp³-hybridized carbons (Fsp3) is 0.583. The maximum absolute atomic E-state index is 13.3. The molecule has 0 aromatic carbocycles. The van der Waals surface area contributed by atoms with Gasteiger partial charge in [0.2, 0.25) is 23.7 Å². The van der Waals surface area contributed by atoms with E-state index in [1.807, 2.05) is 21.9 Å². The Balaban J connectivity index is 1.11. The van der Waals surface area contributed by atoms with E-state index in [2.05, 4.69) is 29.7 Å². The van der Waals surface area contributed by atoms with Gasteiger partial charge in [-0.15, -0.1) is 0 Å². The topological polar surface area (TPSA) is 98.7 Å². The van der Waals surface area contributed by atoms with E-state index in [4.69, 9.17) is 0 Å². The minimum absolute atomic E-state index is 0.0544. The van der Waals surface area contributed by atoms with E-state index in [0.717, 1.165) is 57.3 Å². The predicted molar refractivity (Wildman–Crippen MR) is 127 cm³/mol. The van der Waals surface area contributed by atoms with Crippen LogP contribution in [-0.2, 0) is 9.59 Å². The number of aromatic nitrogens is 4.